The van der Waals surface area contributed by atoms with E-state index in [1.54, 1.807) is 0 Å². The summed E-state index contributed by atoms with van der Waals surface area (Å²) in [6.45, 7) is 6.40. The first-order valence-electron chi connectivity index (χ1n) is 5.70. The molecule has 0 aromatic heterocycles. The van der Waals surface area contributed by atoms with Crippen LogP contribution in [0, 0.1) is 5.92 Å². The Morgan fingerprint density at radius 3 is 2.41 bits per heavy atom. The van der Waals surface area contributed by atoms with Crippen molar-refractivity contribution in [3.05, 3.63) is 23.8 Å². The van der Waals surface area contributed by atoms with Crippen LogP contribution in [0.2, 0.25) is 0 Å². The molecule has 1 unspecified atom stereocenters. The molecule has 0 spiro atoms. The Bertz CT molecular complexity index is 402. The lowest BCUT2D eigenvalue weighted by Gasteiger charge is -2.16. The zero-order valence-electron chi connectivity index (χ0n) is 10.4. The number of carbonyl (C=O) groups is 1. The van der Waals surface area contributed by atoms with E-state index >= 15 is 0 Å². The maximum Gasteiger partial charge on any atom is 0.176 e. The van der Waals surface area contributed by atoms with Crippen LogP contribution in [0.5, 0.6) is 11.5 Å². The second-order valence-corrected chi connectivity index (χ2v) is 4.54. The van der Waals surface area contributed by atoms with Crippen LogP contribution in [0.1, 0.15) is 31.1 Å². The van der Waals surface area contributed by atoms with Gasteiger partial charge >= 0.3 is 0 Å². The number of phenolic OH excluding ortho intramolecular Hbond substituents is 2. The fourth-order valence-corrected chi connectivity index (χ4v) is 1.29. The highest BCUT2D eigenvalue weighted by Gasteiger charge is 2.11. The van der Waals surface area contributed by atoms with Gasteiger partial charge in [0.15, 0.2) is 17.3 Å². The molecular formula is C13H19NO3. The molecule has 1 atom stereocenters. The summed E-state index contributed by atoms with van der Waals surface area (Å²) in [5.41, 5.74) is 0.392. The van der Waals surface area contributed by atoms with Gasteiger partial charge in [-0.1, -0.05) is 13.8 Å². The fraction of sp³-hybridized carbons (Fsp3) is 0.462. The van der Waals surface area contributed by atoms with Crippen molar-refractivity contribution in [3.8, 4) is 11.5 Å². The molecule has 94 valence electrons. The average Bonchev–Trinajstić information content (AvgIpc) is 2.28. The average molecular weight is 237 g/mol. The van der Waals surface area contributed by atoms with Crippen molar-refractivity contribution in [2.45, 2.75) is 26.8 Å². The lowest BCUT2D eigenvalue weighted by molar-refractivity contribution is 0.0985. The van der Waals surface area contributed by atoms with Gasteiger partial charge in [-0.3, -0.25) is 4.79 Å². The number of hydrogen-bond acceptors (Lipinski definition) is 4. The SMILES string of the molecule is CC(C)C(C)NCC(=O)c1ccc(O)c(O)c1. The second-order valence-electron chi connectivity index (χ2n) is 4.54. The predicted molar refractivity (Wildman–Crippen MR) is 66.4 cm³/mol. The molecule has 3 N–H and O–H groups in total. The molecule has 0 aliphatic heterocycles. The smallest absolute Gasteiger partial charge is 0.176 e. The summed E-state index contributed by atoms with van der Waals surface area (Å²) in [4.78, 5) is 11.8. The van der Waals surface area contributed by atoms with Crippen LogP contribution in [0.25, 0.3) is 0 Å². The first kappa shape index (κ1) is 13.5. The maximum absolute atomic E-state index is 11.8. The highest BCUT2D eigenvalue weighted by molar-refractivity contribution is 5.98. The Morgan fingerprint density at radius 2 is 1.88 bits per heavy atom. The lowest BCUT2D eigenvalue weighted by Crippen LogP contribution is -2.34. The Labute approximate surface area is 101 Å². The number of carbonyl (C=O) groups excluding carboxylic acids is 1. The summed E-state index contributed by atoms with van der Waals surface area (Å²) in [5.74, 6) is -0.137. The molecule has 17 heavy (non-hydrogen) atoms. The normalized spacial score (nSPS) is 12.7. The fourth-order valence-electron chi connectivity index (χ4n) is 1.29. The van der Waals surface area contributed by atoms with Gasteiger partial charge in [0.05, 0.1) is 6.54 Å². The largest absolute Gasteiger partial charge is 0.504 e. The minimum Gasteiger partial charge on any atom is -0.504 e. The summed E-state index contributed by atoms with van der Waals surface area (Å²) >= 11 is 0. The van der Waals surface area contributed by atoms with Crippen LogP contribution in [-0.4, -0.2) is 28.6 Å². The molecule has 0 amide bonds. The van der Waals surface area contributed by atoms with Gasteiger partial charge in [0.1, 0.15) is 0 Å². The summed E-state index contributed by atoms with van der Waals surface area (Å²) in [6, 6.07) is 4.34. The van der Waals surface area contributed by atoms with Crippen LogP contribution in [0.15, 0.2) is 18.2 Å². The quantitative estimate of drug-likeness (QED) is 0.540. The van der Waals surface area contributed by atoms with Crippen molar-refractivity contribution in [2.24, 2.45) is 5.92 Å². The van der Waals surface area contributed by atoms with Crippen LogP contribution in [-0.2, 0) is 0 Å². The molecule has 4 nitrogen and oxygen atoms in total. The van der Waals surface area contributed by atoms with E-state index in [1.165, 1.54) is 18.2 Å². The monoisotopic (exact) mass is 237 g/mol. The van der Waals surface area contributed by atoms with Crippen LogP contribution < -0.4 is 5.32 Å². The number of benzene rings is 1. The van der Waals surface area contributed by atoms with Gasteiger partial charge < -0.3 is 15.5 Å². The van der Waals surface area contributed by atoms with Crippen molar-refractivity contribution in [1.29, 1.82) is 0 Å². The Morgan fingerprint density at radius 1 is 1.24 bits per heavy atom. The molecule has 1 aromatic carbocycles. The van der Waals surface area contributed by atoms with Crippen molar-refractivity contribution in [1.82, 2.24) is 5.32 Å². The molecule has 0 bridgehead atoms. The topological polar surface area (TPSA) is 69.6 Å². The molecule has 0 saturated carbocycles. The van der Waals surface area contributed by atoms with Crippen molar-refractivity contribution in [3.63, 3.8) is 0 Å². The van der Waals surface area contributed by atoms with E-state index < -0.39 is 0 Å². The van der Waals surface area contributed by atoms with E-state index in [2.05, 4.69) is 19.2 Å². The van der Waals surface area contributed by atoms with E-state index in [1.807, 2.05) is 6.92 Å². The zero-order chi connectivity index (χ0) is 13.0. The molecule has 0 radical (unpaired) electrons. The van der Waals surface area contributed by atoms with Gasteiger partial charge in [-0.2, -0.15) is 0 Å². The number of ketones is 1. The van der Waals surface area contributed by atoms with Crippen molar-refractivity contribution in [2.75, 3.05) is 6.54 Å². The molecule has 0 fully saturated rings. The first-order valence-corrected chi connectivity index (χ1v) is 5.70. The highest BCUT2D eigenvalue weighted by Crippen LogP contribution is 2.24. The van der Waals surface area contributed by atoms with E-state index in [0.717, 1.165) is 0 Å². The van der Waals surface area contributed by atoms with Gasteiger partial charge in [-0.05, 0) is 31.0 Å². The lowest BCUT2D eigenvalue weighted by atomic mass is 10.1. The molecule has 0 aliphatic rings. The third kappa shape index (κ3) is 3.75. The molecular weight excluding hydrogens is 218 g/mol. The minimum absolute atomic E-state index is 0.104. The summed E-state index contributed by atoms with van der Waals surface area (Å²) in [7, 11) is 0. The van der Waals surface area contributed by atoms with Gasteiger partial charge in [-0.25, -0.2) is 0 Å². The predicted octanol–water partition coefficient (Wildman–Crippen LogP) is 1.91. The van der Waals surface area contributed by atoms with Crippen molar-refractivity contribution < 1.29 is 15.0 Å². The standard InChI is InChI=1S/C13H19NO3/c1-8(2)9(3)14-7-13(17)10-4-5-11(15)12(16)6-10/h4-6,8-9,14-16H,7H2,1-3H3. The summed E-state index contributed by atoms with van der Waals surface area (Å²) < 4.78 is 0. The van der Waals surface area contributed by atoms with Gasteiger partial charge in [-0.15, -0.1) is 0 Å². The summed E-state index contributed by atoms with van der Waals surface area (Å²) in [5, 5.41) is 21.6. The van der Waals surface area contributed by atoms with Crippen LogP contribution in [0.4, 0.5) is 0 Å². The van der Waals surface area contributed by atoms with Gasteiger partial charge in [0, 0.05) is 11.6 Å². The van der Waals surface area contributed by atoms with Crippen LogP contribution in [0.3, 0.4) is 0 Å². The Balaban J connectivity index is 2.61. The van der Waals surface area contributed by atoms with Crippen molar-refractivity contribution >= 4 is 5.78 Å². The minimum atomic E-state index is -0.271. The second kappa shape index (κ2) is 5.68. The van der Waals surface area contributed by atoms with E-state index in [4.69, 9.17) is 5.11 Å². The van der Waals surface area contributed by atoms with E-state index in [-0.39, 0.29) is 29.9 Å². The van der Waals surface area contributed by atoms with E-state index in [0.29, 0.717) is 11.5 Å². The summed E-state index contributed by atoms with van der Waals surface area (Å²) in [6.07, 6.45) is 0. The molecule has 0 aliphatic carbocycles. The van der Waals surface area contributed by atoms with E-state index in [9.17, 15) is 9.90 Å². The molecule has 1 rings (SSSR count). The molecule has 0 heterocycles. The third-order valence-electron chi connectivity index (χ3n) is 2.88. The number of phenols is 2. The Kier molecular flexibility index (Phi) is 4.52. The third-order valence-corrected chi connectivity index (χ3v) is 2.88. The maximum atomic E-state index is 11.8. The van der Waals surface area contributed by atoms with Gasteiger partial charge in [0.2, 0.25) is 0 Å². The number of hydrogen-bond donors (Lipinski definition) is 3. The van der Waals surface area contributed by atoms with Crippen LogP contribution >= 0.6 is 0 Å². The number of aromatic hydroxyl groups is 2. The first-order chi connectivity index (χ1) is 7.91. The highest BCUT2D eigenvalue weighted by atomic mass is 16.3. The molecule has 1 aromatic rings. The Hall–Kier alpha value is -1.55. The van der Waals surface area contributed by atoms with Gasteiger partial charge in [0.25, 0.3) is 0 Å². The molecule has 0 saturated heterocycles. The number of Topliss-reactive ketones (excluding diaryl/α,β-unsaturated/α-hetero) is 1. The zero-order valence-corrected chi connectivity index (χ0v) is 10.4. The number of nitrogens with one attached hydrogen (secondary N) is 1. The molecule has 4 heteroatoms. The number of rotatable bonds is 5.